The van der Waals surface area contributed by atoms with Crippen molar-refractivity contribution in [2.24, 2.45) is 10.7 Å². The van der Waals surface area contributed by atoms with Crippen LogP contribution in [0.5, 0.6) is 11.6 Å². The van der Waals surface area contributed by atoms with Gasteiger partial charge < -0.3 is 25.4 Å². The summed E-state index contributed by atoms with van der Waals surface area (Å²) < 4.78 is 11.6. The second kappa shape index (κ2) is 7.02. The van der Waals surface area contributed by atoms with E-state index in [0.717, 1.165) is 5.56 Å². The lowest BCUT2D eigenvalue weighted by Crippen LogP contribution is -2.31. The largest absolute Gasteiger partial charge is 0.462 e. The number of rotatable bonds is 0. The highest BCUT2D eigenvalue weighted by Gasteiger charge is 2.47. The molecule has 0 saturated carbocycles. The van der Waals surface area contributed by atoms with Gasteiger partial charge in [0, 0.05) is 22.9 Å². The van der Waals surface area contributed by atoms with Gasteiger partial charge in [-0.05, 0) is 52.0 Å². The first kappa shape index (κ1) is 20.7. The topological polar surface area (TPSA) is 110 Å². The van der Waals surface area contributed by atoms with Crippen LogP contribution in [0, 0.1) is 23.7 Å². The third-order valence-corrected chi connectivity index (χ3v) is 4.68. The van der Waals surface area contributed by atoms with Gasteiger partial charge in [0.15, 0.2) is 5.54 Å². The predicted molar refractivity (Wildman–Crippen MR) is 115 cm³/mol. The van der Waals surface area contributed by atoms with E-state index in [1.165, 1.54) is 0 Å². The van der Waals surface area contributed by atoms with E-state index in [1.807, 2.05) is 18.2 Å². The van der Waals surface area contributed by atoms with Crippen molar-refractivity contribution in [3.63, 3.8) is 0 Å². The maximum atomic E-state index is 9.93. The van der Waals surface area contributed by atoms with Gasteiger partial charge in [-0.1, -0.05) is 23.7 Å². The minimum Gasteiger partial charge on any atom is -0.462 e. The number of nitrogens with two attached hydrogens (primary N) is 1. The van der Waals surface area contributed by atoms with E-state index in [4.69, 9.17) is 15.2 Å². The normalized spacial score (nSPS) is 19.0. The van der Waals surface area contributed by atoms with Crippen LogP contribution in [0.1, 0.15) is 49.9 Å². The number of fused-ring (bicyclic) bond motifs is 4. The summed E-state index contributed by atoms with van der Waals surface area (Å²) in [5, 5.41) is 19.8. The molecule has 1 atom stereocenters. The minimum atomic E-state index is -1.14. The monoisotopic (exact) mass is 417 g/mol. The summed E-state index contributed by atoms with van der Waals surface area (Å²) in [6.45, 7) is 6.64. The molecule has 0 aliphatic carbocycles. The Hall–Kier alpha value is -3.52. The van der Waals surface area contributed by atoms with Crippen molar-refractivity contribution < 1.29 is 19.7 Å². The third-order valence-electron chi connectivity index (χ3n) is 4.68. The SMILES string of the molecule is CC(C)(O)C#Cc1ccc2c(c1)[C@@]1(COC(N)=N1)c1cc(C#CC(C)(C)O)cnc1O2. The third kappa shape index (κ3) is 4.20. The Morgan fingerprint density at radius 1 is 1.00 bits per heavy atom. The molecule has 4 rings (SSSR count). The molecule has 0 fully saturated rings. The molecular formula is C24H23N3O4. The maximum Gasteiger partial charge on any atom is 0.283 e. The summed E-state index contributed by atoms with van der Waals surface area (Å²) in [5.74, 6) is 12.5. The number of hydrogen-bond donors (Lipinski definition) is 3. The summed E-state index contributed by atoms with van der Waals surface area (Å²) in [4.78, 5) is 9.04. The molecule has 1 spiro atoms. The van der Waals surface area contributed by atoms with Crippen LogP contribution in [0.25, 0.3) is 0 Å². The summed E-state index contributed by atoms with van der Waals surface area (Å²) in [5.41, 5.74) is 5.39. The van der Waals surface area contributed by atoms with Gasteiger partial charge in [0.1, 0.15) is 23.6 Å². The molecule has 158 valence electrons. The molecule has 2 aliphatic rings. The van der Waals surface area contributed by atoms with Crippen LogP contribution in [0.15, 0.2) is 35.5 Å². The predicted octanol–water partition coefficient (Wildman–Crippen LogP) is 2.02. The maximum absolute atomic E-state index is 9.93. The molecule has 3 heterocycles. The average molecular weight is 417 g/mol. The molecule has 2 aliphatic heterocycles. The Bertz CT molecular complexity index is 1130. The highest BCUT2D eigenvalue weighted by molar-refractivity contribution is 5.76. The van der Waals surface area contributed by atoms with Crippen molar-refractivity contribution in [3.8, 4) is 35.3 Å². The van der Waals surface area contributed by atoms with Crippen molar-refractivity contribution >= 4 is 6.02 Å². The smallest absolute Gasteiger partial charge is 0.283 e. The molecule has 0 unspecified atom stereocenters. The van der Waals surface area contributed by atoms with E-state index in [9.17, 15) is 10.2 Å². The van der Waals surface area contributed by atoms with E-state index in [0.29, 0.717) is 28.3 Å². The number of aromatic nitrogens is 1. The molecule has 1 aromatic carbocycles. The van der Waals surface area contributed by atoms with Crippen LogP contribution in [-0.2, 0) is 10.3 Å². The van der Waals surface area contributed by atoms with Gasteiger partial charge in [0.25, 0.3) is 6.02 Å². The van der Waals surface area contributed by atoms with Gasteiger partial charge in [-0.25, -0.2) is 9.98 Å². The van der Waals surface area contributed by atoms with E-state index < -0.39 is 16.7 Å². The Morgan fingerprint density at radius 3 is 2.26 bits per heavy atom. The summed E-state index contributed by atoms with van der Waals surface area (Å²) in [6.07, 6.45) is 1.59. The highest BCUT2D eigenvalue weighted by atomic mass is 16.5. The summed E-state index contributed by atoms with van der Waals surface area (Å²) in [6, 6.07) is 7.35. The number of hydrogen-bond acceptors (Lipinski definition) is 7. The van der Waals surface area contributed by atoms with Crippen LogP contribution in [0.3, 0.4) is 0 Å². The molecule has 7 nitrogen and oxygen atoms in total. The number of ether oxygens (including phenoxy) is 2. The van der Waals surface area contributed by atoms with E-state index in [1.54, 1.807) is 40.0 Å². The lowest BCUT2D eigenvalue weighted by molar-refractivity contribution is 0.143. The Balaban J connectivity index is 1.87. The first-order valence-electron chi connectivity index (χ1n) is 9.77. The second-order valence-electron chi connectivity index (χ2n) is 8.61. The average Bonchev–Trinajstić information content (AvgIpc) is 3.07. The van der Waals surface area contributed by atoms with Crippen LogP contribution in [0.2, 0.25) is 0 Å². The van der Waals surface area contributed by atoms with Crippen molar-refractivity contribution in [3.05, 3.63) is 52.7 Å². The zero-order valence-electron chi connectivity index (χ0n) is 17.8. The van der Waals surface area contributed by atoms with Gasteiger partial charge >= 0.3 is 0 Å². The van der Waals surface area contributed by atoms with E-state index in [-0.39, 0.29) is 12.6 Å². The molecule has 0 bridgehead atoms. The molecule has 0 amide bonds. The number of nitrogens with zero attached hydrogens (tertiary/aromatic N) is 2. The number of aliphatic hydroxyl groups is 2. The Kier molecular flexibility index (Phi) is 4.70. The zero-order valence-corrected chi connectivity index (χ0v) is 17.8. The first-order chi connectivity index (χ1) is 14.5. The molecule has 31 heavy (non-hydrogen) atoms. The minimum absolute atomic E-state index is 0.0692. The van der Waals surface area contributed by atoms with Crippen LogP contribution < -0.4 is 10.5 Å². The van der Waals surface area contributed by atoms with Crippen LogP contribution in [-0.4, -0.2) is 39.0 Å². The molecular weight excluding hydrogens is 394 g/mol. The van der Waals surface area contributed by atoms with Crippen LogP contribution >= 0.6 is 0 Å². The Morgan fingerprint density at radius 2 is 1.65 bits per heavy atom. The van der Waals surface area contributed by atoms with E-state index in [2.05, 4.69) is 33.7 Å². The van der Waals surface area contributed by atoms with Crippen molar-refractivity contribution in [2.45, 2.75) is 44.4 Å². The van der Waals surface area contributed by atoms with E-state index >= 15 is 0 Å². The van der Waals surface area contributed by atoms with Gasteiger partial charge in [-0.2, -0.15) is 0 Å². The molecule has 4 N–H and O–H groups in total. The molecule has 7 heteroatoms. The van der Waals surface area contributed by atoms with Gasteiger partial charge in [-0.15, -0.1) is 0 Å². The zero-order chi connectivity index (χ0) is 22.4. The number of amidine groups is 1. The second-order valence-corrected chi connectivity index (χ2v) is 8.61. The standard InChI is InChI=1S/C24H23N3O4/c1-22(2,28)9-7-15-5-6-19-17(11-15)24(14-30-21(25)27-24)18-12-16(8-10-23(3,4)29)13-26-20(18)31-19/h5-6,11-13,28-29H,14H2,1-4H3,(H2,25,27)/t24-/m0/s1. The quantitative estimate of drug-likeness (QED) is 0.566. The van der Waals surface area contributed by atoms with Crippen molar-refractivity contribution in [1.82, 2.24) is 4.98 Å². The first-order valence-corrected chi connectivity index (χ1v) is 9.77. The van der Waals surface area contributed by atoms with Gasteiger partial charge in [-0.3, -0.25) is 0 Å². The number of benzene rings is 1. The lowest BCUT2D eigenvalue weighted by atomic mass is 9.81. The highest BCUT2D eigenvalue weighted by Crippen LogP contribution is 2.50. The number of aliphatic imine (C=N–C) groups is 1. The number of pyridine rings is 1. The molecule has 0 radical (unpaired) electrons. The fourth-order valence-corrected chi connectivity index (χ4v) is 3.32. The molecule has 0 saturated heterocycles. The molecule has 1 aromatic heterocycles. The van der Waals surface area contributed by atoms with Crippen molar-refractivity contribution in [2.75, 3.05) is 6.61 Å². The summed E-state index contributed by atoms with van der Waals surface area (Å²) >= 11 is 0. The molecule has 2 aromatic rings. The summed E-state index contributed by atoms with van der Waals surface area (Å²) in [7, 11) is 0. The van der Waals surface area contributed by atoms with Crippen molar-refractivity contribution in [1.29, 1.82) is 0 Å². The van der Waals surface area contributed by atoms with Crippen LogP contribution in [0.4, 0.5) is 0 Å². The van der Waals surface area contributed by atoms with Gasteiger partial charge in [0.2, 0.25) is 5.88 Å². The fraction of sp³-hybridized carbons (Fsp3) is 0.333. The lowest BCUT2D eigenvalue weighted by Gasteiger charge is -2.32. The van der Waals surface area contributed by atoms with Gasteiger partial charge in [0.05, 0.1) is 5.56 Å². The fourth-order valence-electron chi connectivity index (χ4n) is 3.32. The Labute approximate surface area is 180 Å².